The van der Waals surface area contributed by atoms with Gasteiger partial charge in [0.1, 0.15) is 0 Å². The van der Waals surface area contributed by atoms with Crippen LogP contribution in [0.5, 0.6) is 0 Å². The van der Waals surface area contributed by atoms with E-state index in [-0.39, 0.29) is 0 Å². The third-order valence-electron chi connectivity index (χ3n) is 9.24. The topological polar surface area (TPSA) is 4.93 Å². The quantitative estimate of drug-likeness (QED) is 0.167. The summed E-state index contributed by atoms with van der Waals surface area (Å²) in [5, 5.41) is 7.66. The molecule has 1 nitrogen and oxygen atoms in total. The van der Waals surface area contributed by atoms with Crippen LogP contribution in [0.2, 0.25) is 0 Å². The second kappa shape index (κ2) is 10.9. The molecule has 46 heavy (non-hydrogen) atoms. The average Bonchev–Trinajstić information content (AvgIpc) is 3.47. The molecule has 216 valence electrons. The number of hydrogen-bond acceptors (Lipinski definition) is 0. The molecular formula is C44H28BrN. The van der Waals surface area contributed by atoms with Crippen molar-refractivity contribution in [3.63, 3.8) is 0 Å². The predicted molar refractivity (Wildman–Crippen MR) is 200 cm³/mol. The van der Waals surface area contributed by atoms with Crippen LogP contribution in [0.4, 0.5) is 0 Å². The summed E-state index contributed by atoms with van der Waals surface area (Å²) in [6, 6.07) is 61.7. The summed E-state index contributed by atoms with van der Waals surface area (Å²) in [4.78, 5) is 0. The number of aromatic nitrogens is 1. The molecule has 9 aromatic rings. The summed E-state index contributed by atoms with van der Waals surface area (Å²) in [6.45, 7) is 0. The maximum absolute atomic E-state index is 3.57. The molecule has 0 aliphatic rings. The van der Waals surface area contributed by atoms with Gasteiger partial charge < -0.3 is 4.57 Å². The fourth-order valence-corrected chi connectivity index (χ4v) is 7.35. The summed E-state index contributed by atoms with van der Waals surface area (Å²) in [7, 11) is 0. The Morgan fingerprint density at radius 3 is 1.59 bits per heavy atom. The Hall–Kier alpha value is -5.44. The molecule has 9 rings (SSSR count). The Morgan fingerprint density at radius 1 is 0.348 bits per heavy atom. The van der Waals surface area contributed by atoms with Gasteiger partial charge in [0, 0.05) is 26.3 Å². The Kier molecular flexibility index (Phi) is 6.36. The normalized spacial score (nSPS) is 11.6. The third-order valence-corrected chi connectivity index (χ3v) is 9.77. The van der Waals surface area contributed by atoms with E-state index < -0.39 is 0 Å². The molecule has 0 unspecified atom stereocenters. The molecule has 0 fully saturated rings. The van der Waals surface area contributed by atoms with Gasteiger partial charge in [-0.2, -0.15) is 0 Å². The first-order chi connectivity index (χ1) is 22.7. The maximum atomic E-state index is 3.57. The van der Waals surface area contributed by atoms with E-state index >= 15 is 0 Å². The molecule has 8 aromatic carbocycles. The van der Waals surface area contributed by atoms with Crippen LogP contribution in [0.15, 0.2) is 174 Å². The fraction of sp³-hybridized carbons (Fsp3) is 0. The molecule has 0 aliphatic carbocycles. The van der Waals surface area contributed by atoms with Crippen LogP contribution in [0.25, 0.3) is 82.4 Å². The van der Waals surface area contributed by atoms with Gasteiger partial charge in [-0.05, 0) is 92.0 Å². The number of rotatable bonds is 4. The number of fused-ring (bicyclic) bond motifs is 8. The van der Waals surface area contributed by atoms with Crippen LogP contribution in [0, 0.1) is 0 Å². The highest BCUT2D eigenvalue weighted by Gasteiger charge is 2.19. The first-order valence-corrected chi connectivity index (χ1v) is 16.4. The highest BCUT2D eigenvalue weighted by atomic mass is 79.9. The van der Waals surface area contributed by atoms with Gasteiger partial charge in [-0.15, -0.1) is 0 Å². The molecular weight excluding hydrogens is 622 g/mol. The smallest absolute Gasteiger partial charge is 0.0625 e. The molecule has 0 bridgehead atoms. The minimum atomic E-state index is 1.09. The summed E-state index contributed by atoms with van der Waals surface area (Å²) in [5.41, 5.74) is 10.9. The summed E-state index contributed by atoms with van der Waals surface area (Å²) < 4.78 is 3.56. The minimum Gasteiger partial charge on any atom is -0.309 e. The lowest BCUT2D eigenvalue weighted by molar-refractivity contribution is 1.19. The zero-order valence-electron chi connectivity index (χ0n) is 25.0. The van der Waals surface area contributed by atoms with E-state index in [1.807, 2.05) is 0 Å². The minimum absolute atomic E-state index is 1.09. The zero-order valence-corrected chi connectivity index (χ0v) is 26.6. The van der Waals surface area contributed by atoms with E-state index in [2.05, 4.69) is 190 Å². The van der Waals surface area contributed by atoms with Crippen LogP contribution in [0.3, 0.4) is 0 Å². The maximum Gasteiger partial charge on any atom is 0.0625 e. The highest BCUT2D eigenvalue weighted by molar-refractivity contribution is 9.10. The second-order valence-electron chi connectivity index (χ2n) is 11.9. The van der Waals surface area contributed by atoms with Gasteiger partial charge in [-0.25, -0.2) is 0 Å². The molecule has 0 atom stereocenters. The lowest BCUT2D eigenvalue weighted by Gasteiger charge is -2.13. The van der Waals surface area contributed by atoms with Gasteiger partial charge in [0.05, 0.1) is 11.0 Å². The van der Waals surface area contributed by atoms with Gasteiger partial charge >= 0.3 is 0 Å². The number of halogens is 1. The van der Waals surface area contributed by atoms with E-state index in [9.17, 15) is 0 Å². The third kappa shape index (κ3) is 4.37. The molecule has 0 spiro atoms. The molecule has 0 saturated heterocycles. The zero-order chi connectivity index (χ0) is 30.6. The van der Waals surface area contributed by atoms with Crippen molar-refractivity contribution in [3.8, 4) is 39.1 Å². The number of benzene rings is 8. The first-order valence-electron chi connectivity index (χ1n) is 15.6. The summed E-state index contributed by atoms with van der Waals surface area (Å²) in [6.07, 6.45) is 0. The van der Waals surface area contributed by atoms with Crippen molar-refractivity contribution in [2.75, 3.05) is 0 Å². The molecule has 0 aliphatic heterocycles. The highest BCUT2D eigenvalue weighted by Crippen LogP contribution is 2.43. The molecule has 0 saturated carbocycles. The average molecular weight is 651 g/mol. The number of hydrogen-bond donors (Lipinski definition) is 0. The van der Waals surface area contributed by atoms with E-state index in [4.69, 9.17) is 0 Å². The fourth-order valence-electron chi connectivity index (χ4n) is 7.08. The van der Waals surface area contributed by atoms with E-state index in [0.29, 0.717) is 0 Å². The van der Waals surface area contributed by atoms with Crippen molar-refractivity contribution in [2.45, 2.75) is 0 Å². The predicted octanol–water partition coefficient (Wildman–Crippen LogP) is 12.9. The van der Waals surface area contributed by atoms with E-state index in [0.717, 1.165) is 10.2 Å². The van der Waals surface area contributed by atoms with Gasteiger partial charge in [0.25, 0.3) is 0 Å². The standard InChI is InChI=1S/C44H28BrN/c45-35-22-17-31(18-23-35)32-11-8-12-33(27-32)34-21-26-42-41(28-34)43-39-15-6-4-13-37(39)38-14-5-7-16-40(38)44(43)46(42)36-24-19-30(20-25-36)29-9-2-1-3-10-29/h1-28H. The lowest BCUT2D eigenvalue weighted by atomic mass is 9.95. The van der Waals surface area contributed by atoms with Crippen LogP contribution >= 0.6 is 15.9 Å². The molecule has 0 N–H and O–H groups in total. The molecule has 1 aromatic heterocycles. The van der Waals surface area contributed by atoms with Crippen LogP contribution in [-0.4, -0.2) is 4.57 Å². The molecule has 0 radical (unpaired) electrons. The van der Waals surface area contributed by atoms with Crippen molar-refractivity contribution in [1.82, 2.24) is 4.57 Å². The van der Waals surface area contributed by atoms with Gasteiger partial charge in [-0.3, -0.25) is 0 Å². The SMILES string of the molecule is Brc1ccc(-c2cccc(-c3ccc4c(c3)c3c5ccccc5c5ccccc5c3n4-c3ccc(-c4ccccc4)cc3)c2)cc1. The molecule has 2 heteroatoms. The van der Waals surface area contributed by atoms with Crippen LogP contribution < -0.4 is 0 Å². The van der Waals surface area contributed by atoms with Gasteiger partial charge in [0.2, 0.25) is 0 Å². The number of nitrogens with zero attached hydrogens (tertiary/aromatic N) is 1. The second-order valence-corrected chi connectivity index (χ2v) is 12.8. The Balaban J connectivity index is 1.32. The van der Waals surface area contributed by atoms with E-state index in [1.165, 1.54) is 76.7 Å². The van der Waals surface area contributed by atoms with Crippen molar-refractivity contribution >= 4 is 59.3 Å². The van der Waals surface area contributed by atoms with Gasteiger partial charge in [0.15, 0.2) is 0 Å². The Labute approximate surface area is 276 Å². The summed E-state index contributed by atoms with van der Waals surface area (Å²) in [5.74, 6) is 0. The van der Waals surface area contributed by atoms with Gasteiger partial charge in [-0.1, -0.05) is 143 Å². The van der Waals surface area contributed by atoms with E-state index in [1.54, 1.807) is 0 Å². The lowest BCUT2D eigenvalue weighted by Crippen LogP contribution is -1.95. The van der Waals surface area contributed by atoms with Crippen molar-refractivity contribution < 1.29 is 0 Å². The monoisotopic (exact) mass is 649 g/mol. The molecule has 0 amide bonds. The molecule has 1 heterocycles. The van der Waals surface area contributed by atoms with Crippen LogP contribution in [0.1, 0.15) is 0 Å². The van der Waals surface area contributed by atoms with Crippen LogP contribution in [-0.2, 0) is 0 Å². The van der Waals surface area contributed by atoms with Crippen molar-refractivity contribution in [3.05, 3.63) is 174 Å². The first kappa shape index (κ1) is 26.9. The largest absolute Gasteiger partial charge is 0.309 e. The van der Waals surface area contributed by atoms with Crippen molar-refractivity contribution in [2.24, 2.45) is 0 Å². The summed E-state index contributed by atoms with van der Waals surface area (Å²) >= 11 is 3.57. The Bertz CT molecular complexity index is 2560. The van der Waals surface area contributed by atoms with Crippen molar-refractivity contribution in [1.29, 1.82) is 0 Å². The Morgan fingerprint density at radius 2 is 0.848 bits per heavy atom.